The molecular weight excluding hydrogens is 931 g/mol. The maximum atomic E-state index is 12.5. The number of amides is 2. The SMILES string of the molecule is COc1cc2c(OC3=CCc4cc(C)[nH]c4C=C3)ccnc2cc1OCCCC(=O)N1CC2(COC2)C1.COc1cc2c(Oc3ccc4[nH]c(C)cc4c3)ncnc2cc1OCCCC(=O)N1CCCOCC1. The first kappa shape index (κ1) is 49.0. The summed E-state index contributed by atoms with van der Waals surface area (Å²) in [6.45, 7) is 10.8. The van der Waals surface area contributed by atoms with E-state index in [4.69, 9.17) is 37.9 Å². The monoisotopic (exact) mass is 991 g/mol. The third kappa shape index (κ3) is 11.4. The van der Waals surface area contributed by atoms with Crippen LogP contribution in [0.4, 0.5) is 0 Å². The summed E-state index contributed by atoms with van der Waals surface area (Å²) < 4.78 is 46.3. The Morgan fingerprint density at radius 1 is 0.699 bits per heavy atom. The highest BCUT2D eigenvalue weighted by molar-refractivity contribution is 5.89. The van der Waals surface area contributed by atoms with Gasteiger partial charge in [0.2, 0.25) is 17.7 Å². The Bertz CT molecular complexity index is 3180. The lowest BCUT2D eigenvalue weighted by atomic mass is 9.78. The van der Waals surface area contributed by atoms with Gasteiger partial charge in [0, 0.05) is 97.3 Å². The second kappa shape index (κ2) is 22.0. The number of aryl methyl sites for hydroxylation is 2. The molecule has 17 heteroatoms. The number of hydrogen-bond donors (Lipinski definition) is 2. The largest absolute Gasteiger partial charge is 0.493 e. The molecule has 11 rings (SSSR count). The van der Waals surface area contributed by atoms with Gasteiger partial charge in [-0.2, -0.15) is 0 Å². The predicted molar refractivity (Wildman–Crippen MR) is 276 cm³/mol. The first-order valence-electron chi connectivity index (χ1n) is 24.9. The van der Waals surface area contributed by atoms with Crippen molar-refractivity contribution >= 4 is 50.6 Å². The number of nitrogens with one attached hydrogen (secondary N) is 2. The number of aromatic nitrogens is 5. The lowest BCUT2D eigenvalue weighted by Crippen LogP contribution is -2.67. The van der Waals surface area contributed by atoms with E-state index in [1.165, 1.54) is 11.9 Å². The highest BCUT2D eigenvalue weighted by Gasteiger charge is 2.50. The molecule has 0 unspecified atom stereocenters. The Kier molecular flexibility index (Phi) is 14.8. The molecule has 1 aliphatic carbocycles. The van der Waals surface area contributed by atoms with E-state index in [0.29, 0.717) is 110 Å². The summed E-state index contributed by atoms with van der Waals surface area (Å²) in [5.74, 6) is 5.22. The first-order chi connectivity index (χ1) is 35.6. The van der Waals surface area contributed by atoms with E-state index in [9.17, 15) is 9.59 Å². The molecular formula is C56H61N7O10. The molecule has 0 saturated carbocycles. The van der Waals surface area contributed by atoms with Gasteiger partial charge in [-0.25, -0.2) is 9.97 Å². The van der Waals surface area contributed by atoms with Crippen molar-refractivity contribution in [3.05, 3.63) is 114 Å². The predicted octanol–water partition coefficient (Wildman–Crippen LogP) is 9.06. The second-order valence-corrected chi connectivity index (χ2v) is 19.0. The molecule has 4 aromatic heterocycles. The van der Waals surface area contributed by atoms with E-state index < -0.39 is 0 Å². The molecule has 0 atom stereocenters. The van der Waals surface area contributed by atoms with Crippen LogP contribution in [0.2, 0.25) is 0 Å². The average molecular weight is 992 g/mol. The summed E-state index contributed by atoms with van der Waals surface area (Å²) in [5, 5.41) is 2.62. The van der Waals surface area contributed by atoms with Crippen LogP contribution in [0.25, 0.3) is 38.8 Å². The number of benzene rings is 3. The van der Waals surface area contributed by atoms with Gasteiger partial charge in [-0.1, -0.05) is 0 Å². The Morgan fingerprint density at radius 3 is 2.16 bits per heavy atom. The van der Waals surface area contributed by atoms with Crippen molar-refractivity contribution in [3.8, 4) is 40.4 Å². The zero-order chi connectivity index (χ0) is 50.3. The Balaban J connectivity index is 0.000000168. The third-order valence-electron chi connectivity index (χ3n) is 13.4. The van der Waals surface area contributed by atoms with Crippen LogP contribution < -0.4 is 28.4 Å². The number of likely N-dealkylation sites (tertiary alicyclic amines) is 1. The summed E-state index contributed by atoms with van der Waals surface area (Å²) in [7, 11) is 3.20. The number of rotatable bonds is 16. The molecule has 3 aromatic carbocycles. The fourth-order valence-electron chi connectivity index (χ4n) is 9.58. The number of nitrogens with zero attached hydrogens (tertiary/aromatic N) is 5. The Labute approximate surface area is 423 Å². The van der Waals surface area contributed by atoms with Gasteiger partial charge in [0.25, 0.3) is 0 Å². The number of H-pyrrole nitrogens is 2. The summed E-state index contributed by atoms with van der Waals surface area (Å²) in [6.07, 6.45) is 13.1. The zero-order valence-electron chi connectivity index (χ0n) is 41.8. The molecule has 17 nitrogen and oxygen atoms in total. The number of ether oxygens (including phenoxy) is 8. The quantitative estimate of drug-likeness (QED) is 0.0875. The lowest BCUT2D eigenvalue weighted by molar-refractivity contribution is -0.195. The second-order valence-electron chi connectivity index (χ2n) is 19.0. The fourth-order valence-corrected chi connectivity index (χ4v) is 9.58. The van der Waals surface area contributed by atoms with E-state index in [-0.39, 0.29) is 17.2 Å². The van der Waals surface area contributed by atoms with Gasteiger partial charge in [-0.05, 0) is 112 Å². The summed E-state index contributed by atoms with van der Waals surface area (Å²) in [6, 6.07) is 19.3. The van der Waals surface area contributed by atoms with Crippen molar-refractivity contribution < 1.29 is 47.5 Å². The maximum Gasteiger partial charge on any atom is 0.230 e. The van der Waals surface area contributed by atoms with Gasteiger partial charge in [0.1, 0.15) is 23.6 Å². The lowest BCUT2D eigenvalue weighted by Gasteiger charge is -2.55. The zero-order valence-corrected chi connectivity index (χ0v) is 41.8. The van der Waals surface area contributed by atoms with Gasteiger partial charge in [0.15, 0.2) is 23.0 Å². The molecule has 2 amide bonds. The molecule has 0 radical (unpaired) electrons. The normalized spacial score (nSPS) is 15.8. The maximum absolute atomic E-state index is 12.5. The van der Waals surface area contributed by atoms with Crippen LogP contribution in [-0.2, 0) is 25.5 Å². The van der Waals surface area contributed by atoms with Crippen LogP contribution in [0.5, 0.6) is 40.4 Å². The molecule has 1 spiro atoms. The van der Waals surface area contributed by atoms with Crippen LogP contribution in [-0.4, -0.2) is 127 Å². The number of carbonyl (C=O) groups excluding carboxylic acids is 2. The smallest absolute Gasteiger partial charge is 0.230 e. The minimum atomic E-state index is 0.136. The van der Waals surface area contributed by atoms with Crippen molar-refractivity contribution in [2.24, 2.45) is 5.41 Å². The molecule has 380 valence electrons. The molecule has 3 fully saturated rings. The Hall–Kier alpha value is -7.63. The number of methoxy groups -OCH3 is 2. The van der Waals surface area contributed by atoms with Crippen LogP contribution in [0, 0.1) is 19.3 Å². The van der Waals surface area contributed by atoms with Gasteiger partial charge < -0.3 is 57.7 Å². The van der Waals surface area contributed by atoms with Crippen molar-refractivity contribution in [3.63, 3.8) is 0 Å². The number of fused-ring (bicyclic) bond motifs is 4. The van der Waals surface area contributed by atoms with Crippen LogP contribution in [0.3, 0.4) is 0 Å². The molecule has 7 heterocycles. The standard InChI is InChI=1S/C29H31N3O5.C27H30N4O5/c1-19-12-20-5-6-21(7-8-23(20)31-19)37-25-9-10-30-24-14-27(26(34-2)13-22(24)25)36-11-3-4-28(33)32-15-29(16-32)17-35-18-29;1-18-13-19-14-20(6-7-22(19)30-18)36-27-21-15-24(33-2)25(16-23(21)28-17-29-27)35-11-3-5-26(32)31-8-4-10-34-12-9-31/h6-10,12-14,31H,3-5,11,15-18H2,1-2H3;6-7,13-17,30H,3-5,8-12H2,1-2H3. The fraction of sp³-hybridized carbons (Fsp3) is 0.375. The van der Waals surface area contributed by atoms with Gasteiger partial charge in [0.05, 0.1) is 69.1 Å². The van der Waals surface area contributed by atoms with Crippen molar-refractivity contribution in [2.45, 2.75) is 52.4 Å². The number of pyridine rings is 1. The van der Waals surface area contributed by atoms with Gasteiger partial charge >= 0.3 is 0 Å². The van der Waals surface area contributed by atoms with Crippen LogP contribution in [0.15, 0.2) is 91.1 Å². The molecule has 2 N–H and O–H groups in total. The molecule has 3 aliphatic heterocycles. The number of hydrogen-bond acceptors (Lipinski definition) is 13. The number of aromatic amines is 2. The molecule has 73 heavy (non-hydrogen) atoms. The van der Waals surface area contributed by atoms with E-state index in [1.807, 2.05) is 77.4 Å². The summed E-state index contributed by atoms with van der Waals surface area (Å²) in [4.78, 5) is 48.6. The Morgan fingerprint density at radius 2 is 1.42 bits per heavy atom. The van der Waals surface area contributed by atoms with Crippen molar-refractivity contribution in [2.75, 3.05) is 80.0 Å². The van der Waals surface area contributed by atoms with E-state index >= 15 is 0 Å². The third-order valence-corrected chi connectivity index (χ3v) is 13.4. The highest BCUT2D eigenvalue weighted by atomic mass is 16.5. The molecule has 7 aromatic rings. The summed E-state index contributed by atoms with van der Waals surface area (Å²) >= 11 is 0. The molecule has 4 aliphatic rings. The van der Waals surface area contributed by atoms with Crippen LogP contribution in [0.1, 0.15) is 54.7 Å². The summed E-state index contributed by atoms with van der Waals surface area (Å²) in [5.41, 5.74) is 7.32. The van der Waals surface area contributed by atoms with E-state index in [0.717, 1.165) is 90.3 Å². The highest BCUT2D eigenvalue weighted by Crippen LogP contribution is 2.40. The minimum Gasteiger partial charge on any atom is -0.493 e. The van der Waals surface area contributed by atoms with Crippen molar-refractivity contribution in [1.29, 1.82) is 0 Å². The topological polar surface area (TPSA) is 185 Å². The minimum absolute atomic E-state index is 0.136. The van der Waals surface area contributed by atoms with E-state index in [1.54, 1.807) is 20.4 Å². The van der Waals surface area contributed by atoms with Crippen molar-refractivity contribution in [1.82, 2.24) is 34.7 Å². The number of carbonyl (C=O) groups is 2. The van der Waals surface area contributed by atoms with Gasteiger partial charge in [-0.3, -0.25) is 14.6 Å². The first-order valence-corrected chi connectivity index (χ1v) is 24.9. The molecule has 0 bridgehead atoms. The molecule has 3 saturated heterocycles. The van der Waals surface area contributed by atoms with Crippen LogP contribution >= 0.6 is 0 Å². The average Bonchev–Trinajstić information content (AvgIpc) is 3.70. The van der Waals surface area contributed by atoms with E-state index in [2.05, 4.69) is 50.1 Å². The number of allylic oxidation sites excluding steroid dienone is 2. The van der Waals surface area contributed by atoms with Gasteiger partial charge in [-0.15, -0.1) is 0 Å².